The minimum Gasteiger partial charge on any atom is -0.294 e. The maximum Gasteiger partial charge on any atom is 0.163 e. The summed E-state index contributed by atoms with van der Waals surface area (Å²) in [5.41, 5.74) is 2.11. The van der Waals surface area contributed by atoms with Gasteiger partial charge in [-0.15, -0.1) is 0 Å². The van der Waals surface area contributed by atoms with Gasteiger partial charge in [0, 0.05) is 12.0 Å². The third-order valence-corrected chi connectivity index (χ3v) is 3.33. The van der Waals surface area contributed by atoms with Crippen LogP contribution in [0.4, 0.5) is 0 Å². The summed E-state index contributed by atoms with van der Waals surface area (Å²) < 4.78 is 0. The van der Waals surface area contributed by atoms with E-state index in [1.807, 2.05) is 18.2 Å². The van der Waals surface area contributed by atoms with Crippen molar-refractivity contribution in [1.82, 2.24) is 0 Å². The summed E-state index contributed by atoms with van der Waals surface area (Å²) in [4.78, 5) is 12.2. The number of benzene rings is 1. The van der Waals surface area contributed by atoms with E-state index in [0.29, 0.717) is 18.1 Å². The molecule has 1 aromatic rings. The Bertz CT molecular complexity index is 337. The van der Waals surface area contributed by atoms with Gasteiger partial charge in [0.1, 0.15) is 0 Å². The van der Waals surface area contributed by atoms with Gasteiger partial charge in [-0.1, -0.05) is 57.9 Å². The van der Waals surface area contributed by atoms with Gasteiger partial charge in [-0.2, -0.15) is 0 Å². The fourth-order valence-electron chi connectivity index (χ4n) is 2.05. The van der Waals surface area contributed by atoms with Crippen LogP contribution in [-0.4, -0.2) is 5.78 Å². The molecule has 1 rings (SSSR count). The third-order valence-electron chi connectivity index (χ3n) is 3.33. The Kier molecular flexibility index (Phi) is 5.24. The molecule has 0 aromatic heterocycles. The average molecular weight is 218 g/mol. The lowest BCUT2D eigenvalue weighted by Gasteiger charge is -2.12. The SMILES string of the molecule is CCc1ccccc1C(=O)CC(CC)CC. The van der Waals surface area contributed by atoms with E-state index in [1.54, 1.807) is 0 Å². The first-order valence-electron chi connectivity index (χ1n) is 6.33. The van der Waals surface area contributed by atoms with E-state index in [2.05, 4.69) is 26.8 Å². The van der Waals surface area contributed by atoms with Crippen LogP contribution in [0.3, 0.4) is 0 Å². The second-order valence-electron chi connectivity index (χ2n) is 4.32. The lowest BCUT2D eigenvalue weighted by atomic mass is 9.91. The molecule has 16 heavy (non-hydrogen) atoms. The summed E-state index contributed by atoms with van der Waals surface area (Å²) in [6.07, 6.45) is 3.82. The minimum atomic E-state index is 0.311. The van der Waals surface area contributed by atoms with Crippen LogP contribution in [0.25, 0.3) is 0 Å². The summed E-state index contributed by atoms with van der Waals surface area (Å²) in [7, 11) is 0. The molecule has 88 valence electrons. The van der Waals surface area contributed by atoms with Crippen LogP contribution in [0.15, 0.2) is 24.3 Å². The maximum atomic E-state index is 12.2. The van der Waals surface area contributed by atoms with E-state index in [4.69, 9.17) is 0 Å². The Morgan fingerprint density at radius 2 is 1.75 bits per heavy atom. The van der Waals surface area contributed by atoms with E-state index in [1.165, 1.54) is 5.56 Å². The number of rotatable bonds is 6. The molecule has 0 saturated carbocycles. The van der Waals surface area contributed by atoms with E-state index in [-0.39, 0.29) is 0 Å². The third kappa shape index (κ3) is 3.19. The molecule has 1 nitrogen and oxygen atoms in total. The van der Waals surface area contributed by atoms with Crippen molar-refractivity contribution in [3.63, 3.8) is 0 Å². The molecule has 0 aliphatic carbocycles. The van der Waals surface area contributed by atoms with Crippen LogP contribution in [-0.2, 0) is 6.42 Å². The topological polar surface area (TPSA) is 17.1 Å². The zero-order chi connectivity index (χ0) is 12.0. The van der Waals surface area contributed by atoms with E-state index in [0.717, 1.165) is 24.8 Å². The van der Waals surface area contributed by atoms with Gasteiger partial charge < -0.3 is 0 Å². The fraction of sp³-hybridized carbons (Fsp3) is 0.533. The number of hydrogen-bond acceptors (Lipinski definition) is 1. The first kappa shape index (κ1) is 13.0. The Labute approximate surface area is 98.9 Å². The number of carbonyl (C=O) groups excluding carboxylic acids is 1. The lowest BCUT2D eigenvalue weighted by Crippen LogP contribution is -2.09. The molecule has 1 heteroatoms. The van der Waals surface area contributed by atoms with Crippen molar-refractivity contribution < 1.29 is 4.79 Å². The Balaban J connectivity index is 2.79. The molecule has 0 bridgehead atoms. The summed E-state index contributed by atoms with van der Waals surface area (Å²) >= 11 is 0. The van der Waals surface area contributed by atoms with Gasteiger partial charge in [-0.25, -0.2) is 0 Å². The van der Waals surface area contributed by atoms with Crippen molar-refractivity contribution in [2.75, 3.05) is 0 Å². The van der Waals surface area contributed by atoms with Gasteiger partial charge in [-0.05, 0) is 17.9 Å². The van der Waals surface area contributed by atoms with E-state index < -0.39 is 0 Å². The first-order valence-corrected chi connectivity index (χ1v) is 6.33. The average Bonchev–Trinajstić information content (AvgIpc) is 2.35. The predicted octanol–water partition coefficient (Wildman–Crippen LogP) is 4.26. The zero-order valence-corrected chi connectivity index (χ0v) is 10.6. The predicted molar refractivity (Wildman–Crippen MR) is 68.8 cm³/mol. The van der Waals surface area contributed by atoms with Crippen LogP contribution in [0, 0.1) is 5.92 Å². The van der Waals surface area contributed by atoms with Crippen LogP contribution in [0.2, 0.25) is 0 Å². The standard InChI is InChI=1S/C15H22O/c1-4-12(5-2)11-15(16)14-10-8-7-9-13(14)6-3/h7-10,12H,4-6,11H2,1-3H3. The number of hydrogen-bond donors (Lipinski definition) is 0. The summed E-state index contributed by atoms with van der Waals surface area (Å²) in [5, 5.41) is 0. The van der Waals surface area contributed by atoms with Gasteiger partial charge >= 0.3 is 0 Å². The molecule has 0 spiro atoms. The van der Waals surface area contributed by atoms with Crippen molar-refractivity contribution in [3.05, 3.63) is 35.4 Å². The Hall–Kier alpha value is -1.11. The Morgan fingerprint density at radius 1 is 1.12 bits per heavy atom. The summed E-state index contributed by atoms with van der Waals surface area (Å²) in [6, 6.07) is 7.98. The molecule has 0 amide bonds. The second-order valence-corrected chi connectivity index (χ2v) is 4.32. The van der Waals surface area contributed by atoms with Crippen molar-refractivity contribution in [1.29, 1.82) is 0 Å². The van der Waals surface area contributed by atoms with E-state index in [9.17, 15) is 4.79 Å². The first-order chi connectivity index (χ1) is 7.72. The van der Waals surface area contributed by atoms with Gasteiger partial charge in [0.05, 0.1) is 0 Å². The highest BCUT2D eigenvalue weighted by Crippen LogP contribution is 2.18. The van der Waals surface area contributed by atoms with Crippen molar-refractivity contribution in [2.24, 2.45) is 5.92 Å². The number of ketones is 1. The van der Waals surface area contributed by atoms with Crippen LogP contribution < -0.4 is 0 Å². The molecule has 0 aliphatic rings. The largest absolute Gasteiger partial charge is 0.294 e. The molecular weight excluding hydrogens is 196 g/mol. The highest BCUT2D eigenvalue weighted by atomic mass is 16.1. The molecule has 0 atom stereocenters. The normalized spacial score (nSPS) is 10.8. The number of aryl methyl sites for hydroxylation is 1. The van der Waals surface area contributed by atoms with Crippen LogP contribution >= 0.6 is 0 Å². The van der Waals surface area contributed by atoms with Crippen molar-refractivity contribution in [3.8, 4) is 0 Å². The molecule has 0 N–H and O–H groups in total. The van der Waals surface area contributed by atoms with Gasteiger partial charge in [0.25, 0.3) is 0 Å². The fourth-order valence-corrected chi connectivity index (χ4v) is 2.05. The number of Topliss-reactive ketones (excluding diaryl/α,β-unsaturated/α-hetero) is 1. The molecule has 0 radical (unpaired) electrons. The molecular formula is C15H22O. The van der Waals surface area contributed by atoms with Crippen LogP contribution in [0.1, 0.15) is 56.0 Å². The lowest BCUT2D eigenvalue weighted by molar-refractivity contribution is 0.0958. The monoisotopic (exact) mass is 218 g/mol. The molecule has 0 heterocycles. The molecule has 0 aliphatic heterocycles. The summed E-state index contributed by atoms with van der Waals surface area (Å²) in [5.74, 6) is 0.851. The van der Waals surface area contributed by atoms with Gasteiger partial charge in [0.15, 0.2) is 5.78 Å². The van der Waals surface area contributed by atoms with E-state index >= 15 is 0 Å². The molecule has 0 unspecified atom stereocenters. The van der Waals surface area contributed by atoms with Crippen molar-refractivity contribution >= 4 is 5.78 Å². The molecule has 1 aromatic carbocycles. The Morgan fingerprint density at radius 3 is 2.31 bits per heavy atom. The highest BCUT2D eigenvalue weighted by Gasteiger charge is 2.14. The maximum absolute atomic E-state index is 12.2. The summed E-state index contributed by atoms with van der Waals surface area (Å²) in [6.45, 7) is 6.42. The second kappa shape index (κ2) is 6.47. The molecule has 0 saturated heterocycles. The number of carbonyl (C=O) groups is 1. The quantitative estimate of drug-likeness (QED) is 0.652. The zero-order valence-electron chi connectivity index (χ0n) is 10.6. The van der Waals surface area contributed by atoms with Crippen molar-refractivity contribution in [2.45, 2.75) is 46.5 Å². The molecule has 0 fully saturated rings. The van der Waals surface area contributed by atoms with Crippen LogP contribution in [0.5, 0.6) is 0 Å². The van der Waals surface area contributed by atoms with Gasteiger partial charge in [0.2, 0.25) is 0 Å². The highest BCUT2D eigenvalue weighted by molar-refractivity contribution is 5.97. The smallest absolute Gasteiger partial charge is 0.163 e. The van der Waals surface area contributed by atoms with Gasteiger partial charge in [-0.3, -0.25) is 4.79 Å². The minimum absolute atomic E-state index is 0.311.